The fourth-order valence-electron chi connectivity index (χ4n) is 3.11. The molecule has 7 nitrogen and oxygen atoms in total. The minimum absolute atomic E-state index is 0.144. The zero-order valence-electron chi connectivity index (χ0n) is 19.4. The maximum atomic E-state index is 12.3. The van der Waals surface area contributed by atoms with Gasteiger partial charge in [0.05, 0.1) is 12.1 Å². The Labute approximate surface area is 204 Å². The highest BCUT2D eigenvalue weighted by Crippen LogP contribution is 2.22. The SMILES string of the molecule is C=C/C=C\C(=C/C(=C)c1cc(C(=O)O)c[nH]1)Oc1ccc(NC(=O)CNc2cccc(C)c2)cc1. The van der Waals surface area contributed by atoms with Gasteiger partial charge >= 0.3 is 5.97 Å². The van der Waals surface area contributed by atoms with Gasteiger partial charge in [-0.05, 0) is 72.7 Å². The summed E-state index contributed by atoms with van der Waals surface area (Å²) in [5.74, 6) is -0.171. The predicted octanol–water partition coefficient (Wildman–Crippen LogP) is 5.79. The summed E-state index contributed by atoms with van der Waals surface area (Å²) in [5.41, 5.74) is 3.89. The van der Waals surface area contributed by atoms with E-state index < -0.39 is 5.97 Å². The van der Waals surface area contributed by atoms with Crippen molar-refractivity contribution in [3.63, 3.8) is 0 Å². The Morgan fingerprint density at radius 3 is 2.54 bits per heavy atom. The molecule has 0 aliphatic heterocycles. The first-order valence-corrected chi connectivity index (χ1v) is 10.8. The lowest BCUT2D eigenvalue weighted by atomic mass is 10.1. The third kappa shape index (κ3) is 7.64. The van der Waals surface area contributed by atoms with Crippen LogP contribution in [-0.2, 0) is 4.79 Å². The van der Waals surface area contributed by atoms with Crippen molar-refractivity contribution in [1.82, 2.24) is 4.98 Å². The molecule has 1 heterocycles. The molecule has 3 aromatic rings. The summed E-state index contributed by atoms with van der Waals surface area (Å²) in [7, 11) is 0. The van der Waals surface area contributed by atoms with Crippen LogP contribution < -0.4 is 15.4 Å². The largest absolute Gasteiger partial charge is 0.478 e. The minimum Gasteiger partial charge on any atom is -0.478 e. The fraction of sp³-hybridized carbons (Fsp3) is 0.0714. The second kappa shape index (κ2) is 11.9. The number of aromatic amines is 1. The molecular formula is C28H27N3O4. The average molecular weight is 470 g/mol. The van der Waals surface area contributed by atoms with E-state index in [2.05, 4.69) is 28.8 Å². The van der Waals surface area contributed by atoms with Crippen LogP contribution >= 0.6 is 0 Å². The standard InChI is InChI=1S/C28H27N3O4/c1-4-5-9-25(15-20(3)26-16-21(17-30-26)28(33)34)35-24-12-10-22(11-13-24)31-27(32)18-29-23-8-6-7-19(2)14-23/h4-17,29-30H,1,3,18H2,2H3,(H,31,32)(H,33,34)/b9-5-,25-15+. The molecule has 4 N–H and O–H groups in total. The number of amides is 1. The fourth-order valence-corrected chi connectivity index (χ4v) is 3.11. The number of allylic oxidation sites excluding steroid dienone is 5. The van der Waals surface area contributed by atoms with Crippen LogP contribution in [0.5, 0.6) is 5.75 Å². The Balaban J connectivity index is 1.62. The highest BCUT2D eigenvalue weighted by molar-refractivity contribution is 5.93. The highest BCUT2D eigenvalue weighted by Gasteiger charge is 2.09. The Kier molecular flexibility index (Phi) is 8.45. The van der Waals surface area contributed by atoms with Crippen molar-refractivity contribution in [1.29, 1.82) is 0 Å². The molecule has 0 atom stereocenters. The van der Waals surface area contributed by atoms with E-state index in [1.807, 2.05) is 31.2 Å². The molecule has 1 aromatic heterocycles. The predicted molar refractivity (Wildman–Crippen MR) is 140 cm³/mol. The van der Waals surface area contributed by atoms with Crippen molar-refractivity contribution in [2.24, 2.45) is 0 Å². The first-order chi connectivity index (χ1) is 16.8. The van der Waals surface area contributed by atoms with Gasteiger partial charge in [0.2, 0.25) is 5.91 Å². The molecule has 0 aliphatic rings. The number of aromatic carboxylic acids is 1. The summed E-state index contributed by atoms with van der Waals surface area (Å²) in [6.45, 7) is 9.79. The number of ether oxygens (including phenoxy) is 1. The van der Waals surface area contributed by atoms with E-state index in [0.29, 0.717) is 28.5 Å². The molecule has 0 bridgehead atoms. The number of benzene rings is 2. The molecule has 2 aromatic carbocycles. The summed E-state index contributed by atoms with van der Waals surface area (Å²) in [4.78, 5) is 26.3. The molecule has 1 amide bonds. The molecule has 0 saturated heterocycles. The van der Waals surface area contributed by atoms with Gasteiger partial charge in [0.25, 0.3) is 0 Å². The quantitative estimate of drug-likeness (QED) is 0.210. The smallest absolute Gasteiger partial charge is 0.337 e. The number of anilines is 2. The van der Waals surface area contributed by atoms with Gasteiger partial charge in [-0.2, -0.15) is 0 Å². The molecule has 0 fully saturated rings. The van der Waals surface area contributed by atoms with E-state index in [-0.39, 0.29) is 18.0 Å². The maximum Gasteiger partial charge on any atom is 0.337 e. The molecule has 178 valence electrons. The van der Waals surface area contributed by atoms with Crippen molar-refractivity contribution >= 4 is 28.8 Å². The number of carbonyl (C=O) groups is 2. The number of H-pyrrole nitrogens is 1. The van der Waals surface area contributed by atoms with Crippen LogP contribution in [0.15, 0.2) is 104 Å². The summed E-state index contributed by atoms with van der Waals surface area (Å²) in [6, 6.07) is 16.3. The summed E-state index contributed by atoms with van der Waals surface area (Å²) >= 11 is 0. The maximum absolute atomic E-state index is 12.3. The Bertz CT molecular complexity index is 1280. The van der Waals surface area contributed by atoms with E-state index >= 15 is 0 Å². The Morgan fingerprint density at radius 2 is 1.89 bits per heavy atom. The zero-order valence-corrected chi connectivity index (χ0v) is 19.4. The number of nitrogens with one attached hydrogen (secondary N) is 3. The topological polar surface area (TPSA) is 103 Å². The van der Waals surface area contributed by atoms with Crippen LogP contribution in [0.2, 0.25) is 0 Å². The third-order valence-corrected chi connectivity index (χ3v) is 4.83. The van der Waals surface area contributed by atoms with Crippen LogP contribution in [0.4, 0.5) is 11.4 Å². The first kappa shape index (κ1) is 24.9. The van der Waals surface area contributed by atoms with Gasteiger partial charge in [0, 0.05) is 23.3 Å². The molecule has 3 rings (SSSR count). The zero-order chi connectivity index (χ0) is 25.2. The van der Waals surface area contributed by atoms with Gasteiger partial charge in [-0.15, -0.1) is 0 Å². The Hall–Kier alpha value is -4.78. The molecule has 7 heteroatoms. The molecule has 0 spiro atoms. The van der Waals surface area contributed by atoms with Gasteiger partial charge in [-0.3, -0.25) is 4.79 Å². The van der Waals surface area contributed by atoms with Crippen molar-refractivity contribution in [2.45, 2.75) is 6.92 Å². The van der Waals surface area contributed by atoms with Gasteiger partial charge in [0.15, 0.2) is 0 Å². The van der Waals surface area contributed by atoms with E-state index in [0.717, 1.165) is 11.3 Å². The summed E-state index contributed by atoms with van der Waals surface area (Å²) < 4.78 is 5.95. The molecule has 0 radical (unpaired) electrons. The number of hydrogen-bond donors (Lipinski definition) is 4. The van der Waals surface area contributed by atoms with Crippen LogP contribution in [-0.4, -0.2) is 28.5 Å². The van der Waals surface area contributed by atoms with Gasteiger partial charge < -0.3 is 25.5 Å². The van der Waals surface area contributed by atoms with E-state index in [1.165, 1.54) is 12.3 Å². The number of carboxylic acid groups (broad SMARTS) is 1. The van der Waals surface area contributed by atoms with Crippen molar-refractivity contribution < 1.29 is 19.4 Å². The normalized spacial score (nSPS) is 11.2. The summed E-state index contributed by atoms with van der Waals surface area (Å²) in [6.07, 6.45) is 8.13. The molecule has 0 saturated carbocycles. The van der Waals surface area contributed by atoms with Crippen molar-refractivity contribution in [2.75, 3.05) is 17.2 Å². The van der Waals surface area contributed by atoms with E-state index in [9.17, 15) is 9.59 Å². The average Bonchev–Trinajstić information content (AvgIpc) is 3.34. The monoisotopic (exact) mass is 469 g/mol. The highest BCUT2D eigenvalue weighted by atomic mass is 16.5. The van der Waals surface area contributed by atoms with Crippen LogP contribution in [0.3, 0.4) is 0 Å². The van der Waals surface area contributed by atoms with Crippen LogP contribution in [0.25, 0.3) is 5.57 Å². The lowest BCUT2D eigenvalue weighted by Gasteiger charge is -2.10. The van der Waals surface area contributed by atoms with Crippen molar-refractivity contribution in [3.05, 3.63) is 121 Å². The molecule has 35 heavy (non-hydrogen) atoms. The number of aryl methyl sites for hydroxylation is 1. The number of aromatic nitrogens is 1. The lowest BCUT2D eigenvalue weighted by molar-refractivity contribution is -0.114. The lowest BCUT2D eigenvalue weighted by Crippen LogP contribution is -2.21. The minimum atomic E-state index is -1.02. The Morgan fingerprint density at radius 1 is 1.11 bits per heavy atom. The van der Waals surface area contributed by atoms with Gasteiger partial charge in [-0.1, -0.05) is 37.4 Å². The number of carboxylic acids is 1. The first-order valence-electron chi connectivity index (χ1n) is 10.8. The van der Waals surface area contributed by atoms with Crippen molar-refractivity contribution in [3.8, 4) is 5.75 Å². The van der Waals surface area contributed by atoms with Gasteiger partial charge in [-0.25, -0.2) is 4.79 Å². The number of carbonyl (C=O) groups excluding carboxylic acids is 1. The van der Waals surface area contributed by atoms with Gasteiger partial charge in [0.1, 0.15) is 11.5 Å². The summed E-state index contributed by atoms with van der Waals surface area (Å²) in [5, 5.41) is 15.0. The van der Waals surface area contributed by atoms with E-state index in [4.69, 9.17) is 9.84 Å². The van der Waals surface area contributed by atoms with Crippen LogP contribution in [0, 0.1) is 6.92 Å². The van der Waals surface area contributed by atoms with E-state index in [1.54, 1.807) is 48.6 Å². The second-order valence-electron chi connectivity index (χ2n) is 7.67. The molecular weight excluding hydrogens is 442 g/mol. The second-order valence-corrected chi connectivity index (χ2v) is 7.67. The molecule has 0 unspecified atom stereocenters. The number of rotatable bonds is 11. The third-order valence-electron chi connectivity index (χ3n) is 4.83. The molecule has 0 aliphatic carbocycles. The van der Waals surface area contributed by atoms with Crippen LogP contribution in [0.1, 0.15) is 21.6 Å². The number of hydrogen-bond acceptors (Lipinski definition) is 4.